The number of nitrogens with zero attached hydrogens (tertiary/aromatic N) is 5. The van der Waals surface area contributed by atoms with E-state index in [0.717, 1.165) is 31.4 Å². The van der Waals surface area contributed by atoms with Crippen LogP contribution in [0, 0.1) is 28.6 Å². The number of nitrogens with two attached hydrogens (primary N) is 1. The van der Waals surface area contributed by atoms with Gasteiger partial charge in [0.15, 0.2) is 0 Å². The third-order valence-electron chi connectivity index (χ3n) is 7.66. The summed E-state index contributed by atoms with van der Waals surface area (Å²) < 4.78 is 0. The number of rotatable bonds is 4. The molecule has 8 heteroatoms. The van der Waals surface area contributed by atoms with Gasteiger partial charge in [-0.05, 0) is 54.9 Å². The molecule has 1 aliphatic carbocycles. The molecule has 1 aromatic rings. The van der Waals surface area contributed by atoms with E-state index in [1.165, 1.54) is 5.56 Å². The van der Waals surface area contributed by atoms with Crippen LogP contribution in [-0.2, 0) is 16.0 Å². The number of benzene rings is 1. The number of hydrogen-bond donors (Lipinski definition) is 1. The van der Waals surface area contributed by atoms with Crippen LogP contribution in [0.4, 0.5) is 0 Å². The summed E-state index contributed by atoms with van der Waals surface area (Å²) in [5, 5.41) is 18.5. The first-order chi connectivity index (χ1) is 15.4. The average Bonchev–Trinajstić information content (AvgIpc) is 3.54. The lowest BCUT2D eigenvalue weighted by Gasteiger charge is -2.38. The fraction of sp³-hybridized carbons (Fsp3) is 0.583. The molecule has 3 heterocycles. The molecule has 4 aliphatic rings. The van der Waals surface area contributed by atoms with Crippen LogP contribution in [0.1, 0.15) is 48.9 Å². The van der Waals surface area contributed by atoms with Crippen molar-refractivity contribution >= 4 is 11.8 Å². The maximum Gasteiger partial charge on any atom is 0.241 e. The molecule has 6 atom stereocenters. The number of hydrogen-bond acceptors (Lipinski definition) is 6. The van der Waals surface area contributed by atoms with Crippen LogP contribution in [0.3, 0.4) is 0 Å². The Morgan fingerprint density at radius 3 is 2.78 bits per heavy atom. The number of fused-ring (bicyclic) bond motifs is 3. The number of piperazine rings is 1. The fourth-order valence-corrected chi connectivity index (χ4v) is 6.21. The molecular formula is C24H28N6O2. The summed E-state index contributed by atoms with van der Waals surface area (Å²) in [4.78, 5) is 31.9. The predicted molar refractivity (Wildman–Crippen MR) is 116 cm³/mol. The van der Waals surface area contributed by atoms with E-state index in [1.807, 2.05) is 30.0 Å². The molecule has 1 aromatic carbocycles. The second kappa shape index (κ2) is 7.88. The summed E-state index contributed by atoms with van der Waals surface area (Å²) in [6.45, 7) is 3.67. The van der Waals surface area contributed by atoms with E-state index >= 15 is 0 Å². The van der Waals surface area contributed by atoms with Crippen LogP contribution in [0.15, 0.2) is 18.2 Å². The van der Waals surface area contributed by atoms with E-state index in [4.69, 9.17) is 11.0 Å². The summed E-state index contributed by atoms with van der Waals surface area (Å²) in [7, 11) is 0. The summed E-state index contributed by atoms with van der Waals surface area (Å²) in [6, 6.07) is 9.02. The van der Waals surface area contributed by atoms with Crippen molar-refractivity contribution in [3.8, 4) is 12.1 Å². The number of amides is 2. The standard InChI is InChI=1S/C24H28N6O2/c1-14-6-17(10-26)29(11-14)23(31)20(27)13-28-12-18-8-22(28)24(32)30(18)21-5-3-16-7-15(9-25)2-4-19(16)21/h2,4,7,14,17-18,20-22H,3,5-6,8,11-13,27H2,1H3/t14?,17?,18-,20?,21?,22?/m0/s1. The number of carbonyl (C=O) groups excluding carboxylic acids is 2. The predicted octanol–water partition coefficient (Wildman–Crippen LogP) is 0.919. The minimum Gasteiger partial charge on any atom is -0.330 e. The van der Waals surface area contributed by atoms with Crippen molar-refractivity contribution in [1.82, 2.24) is 14.7 Å². The van der Waals surface area contributed by atoms with Crippen LogP contribution >= 0.6 is 0 Å². The SMILES string of the molecule is CC1CC(C#N)N(C(=O)C(N)CN2C[C@@H]3CC2C(=O)N3C2CCc3cc(C#N)ccc32)C1. The van der Waals surface area contributed by atoms with Crippen LogP contribution in [-0.4, -0.2) is 70.3 Å². The Morgan fingerprint density at radius 1 is 1.25 bits per heavy atom. The third-order valence-corrected chi connectivity index (χ3v) is 7.66. The molecule has 32 heavy (non-hydrogen) atoms. The Hall–Kier alpha value is -2.94. The largest absolute Gasteiger partial charge is 0.330 e. The van der Waals surface area contributed by atoms with Gasteiger partial charge in [0.2, 0.25) is 11.8 Å². The Kier molecular flexibility index (Phi) is 5.16. The smallest absolute Gasteiger partial charge is 0.241 e. The van der Waals surface area contributed by atoms with Gasteiger partial charge in [0.1, 0.15) is 6.04 Å². The second-order valence-corrected chi connectivity index (χ2v) is 9.77. The van der Waals surface area contributed by atoms with Crippen LogP contribution in [0.25, 0.3) is 0 Å². The van der Waals surface area contributed by atoms with E-state index in [-0.39, 0.29) is 29.9 Å². The molecule has 3 aliphatic heterocycles. The summed E-state index contributed by atoms with van der Waals surface area (Å²) >= 11 is 0. The van der Waals surface area contributed by atoms with Crippen LogP contribution < -0.4 is 5.73 Å². The second-order valence-electron chi connectivity index (χ2n) is 9.77. The van der Waals surface area contributed by atoms with Gasteiger partial charge in [-0.3, -0.25) is 14.5 Å². The molecule has 2 N–H and O–H groups in total. The zero-order valence-electron chi connectivity index (χ0n) is 18.3. The maximum atomic E-state index is 13.3. The molecule has 0 spiro atoms. The first kappa shape index (κ1) is 20.9. The summed E-state index contributed by atoms with van der Waals surface area (Å²) in [5.74, 6) is 0.228. The lowest BCUT2D eigenvalue weighted by molar-refractivity contribution is -0.141. The lowest BCUT2D eigenvalue weighted by Crippen LogP contribution is -2.56. The number of likely N-dealkylation sites (tertiary alicyclic amines) is 3. The normalized spacial score (nSPS) is 32.1. The molecule has 0 aromatic heterocycles. The molecule has 8 nitrogen and oxygen atoms in total. The Labute approximate surface area is 188 Å². The summed E-state index contributed by atoms with van der Waals surface area (Å²) in [6.07, 6.45) is 3.23. The highest BCUT2D eigenvalue weighted by Crippen LogP contribution is 2.44. The van der Waals surface area contributed by atoms with Crippen LogP contribution in [0.2, 0.25) is 0 Å². The molecule has 2 amide bonds. The zero-order valence-corrected chi connectivity index (χ0v) is 18.3. The molecular weight excluding hydrogens is 404 g/mol. The highest BCUT2D eigenvalue weighted by Gasteiger charge is 2.53. The van der Waals surface area contributed by atoms with Crippen molar-refractivity contribution in [3.63, 3.8) is 0 Å². The monoisotopic (exact) mass is 432 g/mol. The molecule has 3 fully saturated rings. The van der Waals surface area contributed by atoms with Gasteiger partial charge in [-0.15, -0.1) is 0 Å². The van der Waals surface area contributed by atoms with Crippen molar-refractivity contribution in [1.29, 1.82) is 10.5 Å². The number of carbonyl (C=O) groups is 2. The molecule has 0 saturated carbocycles. The van der Waals surface area contributed by atoms with E-state index < -0.39 is 12.1 Å². The van der Waals surface area contributed by atoms with Crippen molar-refractivity contribution in [2.75, 3.05) is 19.6 Å². The Morgan fingerprint density at radius 2 is 2.06 bits per heavy atom. The van der Waals surface area contributed by atoms with Gasteiger partial charge >= 0.3 is 0 Å². The zero-order chi connectivity index (χ0) is 22.6. The molecule has 166 valence electrons. The van der Waals surface area contributed by atoms with Gasteiger partial charge in [0, 0.05) is 25.7 Å². The molecule has 5 unspecified atom stereocenters. The molecule has 2 bridgehead atoms. The highest BCUT2D eigenvalue weighted by atomic mass is 16.2. The highest BCUT2D eigenvalue weighted by molar-refractivity contribution is 5.87. The third kappa shape index (κ3) is 3.26. The van der Waals surface area contributed by atoms with Crippen LogP contribution in [0.5, 0.6) is 0 Å². The minimum atomic E-state index is -0.728. The maximum absolute atomic E-state index is 13.3. The van der Waals surface area contributed by atoms with E-state index in [1.54, 1.807) is 4.90 Å². The first-order valence-electron chi connectivity index (χ1n) is 11.5. The minimum absolute atomic E-state index is 0.0696. The van der Waals surface area contributed by atoms with Gasteiger partial charge in [0.05, 0.1) is 35.8 Å². The Balaban J connectivity index is 1.25. The quantitative estimate of drug-likeness (QED) is 0.756. The van der Waals surface area contributed by atoms with Gasteiger partial charge in [0.25, 0.3) is 0 Å². The van der Waals surface area contributed by atoms with Gasteiger partial charge in [-0.1, -0.05) is 13.0 Å². The lowest BCUT2D eigenvalue weighted by atomic mass is 10.0. The first-order valence-corrected chi connectivity index (χ1v) is 11.5. The molecule has 0 radical (unpaired) electrons. The van der Waals surface area contributed by atoms with E-state index in [2.05, 4.69) is 17.0 Å². The van der Waals surface area contributed by atoms with Gasteiger partial charge < -0.3 is 15.5 Å². The van der Waals surface area contributed by atoms with Gasteiger partial charge in [-0.25, -0.2) is 0 Å². The van der Waals surface area contributed by atoms with Crippen molar-refractivity contribution in [2.24, 2.45) is 11.7 Å². The topological polar surface area (TPSA) is 117 Å². The average molecular weight is 433 g/mol. The number of aryl methyl sites for hydroxylation is 1. The number of nitriles is 2. The Bertz CT molecular complexity index is 1040. The van der Waals surface area contributed by atoms with Gasteiger partial charge in [-0.2, -0.15) is 10.5 Å². The molecule has 3 saturated heterocycles. The molecule has 5 rings (SSSR count). The van der Waals surface area contributed by atoms with Crippen molar-refractivity contribution in [2.45, 2.75) is 62.8 Å². The fourth-order valence-electron chi connectivity index (χ4n) is 6.21. The van der Waals surface area contributed by atoms with E-state index in [0.29, 0.717) is 31.0 Å². The van der Waals surface area contributed by atoms with E-state index in [9.17, 15) is 14.9 Å². The summed E-state index contributed by atoms with van der Waals surface area (Å²) in [5.41, 5.74) is 9.26. The van der Waals surface area contributed by atoms with Crippen molar-refractivity contribution < 1.29 is 9.59 Å². The van der Waals surface area contributed by atoms with Crippen molar-refractivity contribution in [3.05, 3.63) is 34.9 Å².